The van der Waals surface area contributed by atoms with Gasteiger partial charge >= 0.3 is 0 Å². The van der Waals surface area contributed by atoms with Crippen LogP contribution in [0.4, 0.5) is 5.69 Å². The van der Waals surface area contributed by atoms with Gasteiger partial charge in [0.05, 0.1) is 16.5 Å². The van der Waals surface area contributed by atoms with E-state index in [0.717, 1.165) is 26.2 Å². The third-order valence-electron chi connectivity index (χ3n) is 3.27. The van der Waals surface area contributed by atoms with E-state index in [1.54, 1.807) is 18.2 Å². The number of nitro groups is 1. The highest BCUT2D eigenvalue weighted by Crippen LogP contribution is 2.32. The first kappa shape index (κ1) is 14.0. The van der Waals surface area contributed by atoms with Crippen LogP contribution in [0.25, 0.3) is 0 Å². The molecule has 1 aromatic rings. The largest absolute Gasteiger partial charge is 0.314 e. The summed E-state index contributed by atoms with van der Waals surface area (Å²) in [4.78, 5) is 12.9. The summed E-state index contributed by atoms with van der Waals surface area (Å²) in [5.41, 5.74) is 0.697. The van der Waals surface area contributed by atoms with Crippen LogP contribution in [-0.4, -0.2) is 36.0 Å². The average Bonchev–Trinajstić information content (AvgIpc) is 2.40. The van der Waals surface area contributed by atoms with Gasteiger partial charge in [-0.15, -0.1) is 6.58 Å². The van der Waals surface area contributed by atoms with Crippen molar-refractivity contribution in [2.24, 2.45) is 0 Å². The van der Waals surface area contributed by atoms with Crippen molar-refractivity contribution in [2.75, 3.05) is 26.2 Å². The molecule has 1 heterocycles. The molecule has 0 spiro atoms. The van der Waals surface area contributed by atoms with Crippen molar-refractivity contribution < 1.29 is 4.92 Å². The van der Waals surface area contributed by atoms with E-state index in [-0.39, 0.29) is 16.7 Å². The lowest BCUT2D eigenvalue weighted by atomic mass is 10.0. The first-order chi connectivity index (χ1) is 9.13. The summed E-state index contributed by atoms with van der Waals surface area (Å²) < 4.78 is 0. The molecule has 1 aromatic carbocycles. The van der Waals surface area contributed by atoms with Crippen molar-refractivity contribution in [1.29, 1.82) is 0 Å². The van der Waals surface area contributed by atoms with Crippen LogP contribution in [0.1, 0.15) is 11.6 Å². The van der Waals surface area contributed by atoms with Gasteiger partial charge in [-0.1, -0.05) is 17.7 Å². The molecule has 0 aliphatic carbocycles. The molecule has 1 fully saturated rings. The van der Waals surface area contributed by atoms with E-state index in [1.165, 1.54) is 6.07 Å². The third-order valence-corrected chi connectivity index (χ3v) is 3.51. The summed E-state index contributed by atoms with van der Waals surface area (Å²) >= 11 is 5.97. The average molecular weight is 282 g/mol. The maximum absolute atomic E-state index is 11.1. The Morgan fingerprint density at radius 1 is 1.47 bits per heavy atom. The molecule has 1 saturated heterocycles. The van der Waals surface area contributed by atoms with E-state index < -0.39 is 0 Å². The Bertz CT molecular complexity index is 487. The van der Waals surface area contributed by atoms with Crippen molar-refractivity contribution >= 4 is 17.3 Å². The van der Waals surface area contributed by atoms with Crippen molar-refractivity contribution in [3.63, 3.8) is 0 Å². The molecule has 1 aliphatic rings. The fourth-order valence-electron chi connectivity index (χ4n) is 2.36. The predicted octanol–water partition coefficient (Wildman–Crippen LogP) is 2.38. The zero-order valence-electron chi connectivity index (χ0n) is 10.5. The van der Waals surface area contributed by atoms with Crippen molar-refractivity contribution in [3.8, 4) is 0 Å². The summed E-state index contributed by atoms with van der Waals surface area (Å²) in [6.07, 6.45) is 1.74. The number of nitrogens with one attached hydrogen (secondary N) is 1. The van der Waals surface area contributed by atoms with Crippen molar-refractivity contribution in [1.82, 2.24) is 10.2 Å². The minimum Gasteiger partial charge on any atom is -0.314 e. The van der Waals surface area contributed by atoms with Crippen LogP contribution < -0.4 is 5.32 Å². The SMILES string of the molecule is C=C[C@H](c1cc(Cl)ccc1[N+](=O)[O-])N1CCNCC1. The standard InChI is InChI=1S/C13H16ClN3O2/c1-2-12(16-7-5-15-6-8-16)11-9-10(14)3-4-13(11)17(18)19/h2-4,9,12,15H,1,5-8H2/t12-/m1/s1. The van der Waals surface area contributed by atoms with Gasteiger partial charge in [-0.2, -0.15) is 0 Å². The molecule has 0 saturated carbocycles. The zero-order valence-corrected chi connectivity index (χ0v) is 11.3. The van der Waals surface area contributed by atoms with E-state index in [9.17, 15) is 10.1 Å². The number of halogens is 1. The van der Waals surface area contributed by atoms with Crippen molar-refractivity contribution in [3.05, 3.63) is 51.6 Å². The topological polar surface area (TPSA) is 58.4 Å². The van der Waals surface area contributed by atoms with E-state index >= 15 is 0 Å². The molecular formula is C13H16ClN3O2. The number of piperazine rings is 1. The second kappa shape index (κ2) is 6.14. The summed E-state index contributed by atoms with van der Waals surface area (Å²) in [6, 6.07) is 4.48. The van der Waals surface area contributed by atoms with Crippen molar-refractivity contribution in [2.45, 2.75) is 6.04 Å². The number of hydrogen-bond acceptors (Lipinski definition) is 4. The zero-order chi connectivity index (χ0) is 13.8. The normalized spacial score (nSPS) is 17.9. The first-order valence-electron chi connectivity index (χ1n) is 6.14. The van der Waals surface area contributed by atoms with Gasteiger partial charge in [0.1, 0.15) is 0 Å². The van der Waals surface area contributed by atoms with Crippen LogP contribution in [-0.2, 0) is 0 Å². The van der Waals surface area contributed by atoms with Gasteiger partial charge in [-0.25, -0.2) is 0 Å². The molecule has 1 aliphatic heterocycles. The molecule has 0 radical (unpaired) electrons. The fourth-order valence-corrected chi connectivity index (χ4v) is 2.54. The van der Waals surface area contributed by atoms with Crippen LogP contribution in [0.15, 0.2) is 30.9 Å². The first-order valence-corrected chi connectivity index (χ1v) is 6.52. The van der Waals surface area contributed by atoms with Crippen LogP contribution >= 0.6 is 11.6 Å². The van der Waals surface area contributed by atoms with E-state index in [2.05, 4.69) is 16.8 Å². The summed E-state index contributed by atoms with van der Waals surface area (Å²) in [5, 5.41) is 14.9. The minimum atomic E-state index is -0.371. The van der Waals surface area contributed by atoms with Gasteiger partial charge in [0.15, 0.2) is 0 Å². The Kier molecular flexibility index (Phi) is 4.52. The second-order valence-electron chi connectivity index (χ2n) is 4.43. The molecule has 6 heteroatoms. The highest BCUT2D eigenvalue weighted by Gasteiger charge is 2.26. The smallest absolute Gasteiger partial charge is 0.274 e. The molecule has 1 N–H and O–H groups in total. The lowest BCUT2D eigenvalue weighted by molar-refractivity contribution is -0.385. The molecule has 102 valence electrons. The van der Waals surface area contributed by atoms with E-state index in [1.807, 2.05) is 0 Å². The molecule has 2 rings (SSSR count). The van der Waals surface area contributed by atoms with Crippen LogP contribution in [0.5, 0.6) is 0 Å². The van der Waals surface area contributed by atoms with Gasteiger partial charge in [-0.3, -0.25) is 15.0 Å². The Balaban J connectivity index is 2.38. The summed E-state index contributed by atoms with van der Waals surface area (Å²) in [6.45, 7) is 7.23. The highest BCUT2D eigenvalue weighted by atomic mass is 35.5. The van der Waals surface area contributed by atoms with Gasteiger partial charge in [0.25, 0.3) is 5.69 Å². The van der Waals surface area contributed by atoms with E-state index in [0.29, 0.717) is 10.6 Å². The molecule has 0 bridgehead atoms. The number of hydrogen-bond donors (Lipinski definition) is 1. The second-order valence-corrected chi connectivity index (χ2v) is 4.86. The van der Waals surface area contributed by atoms with Gasteiger partial charge in [0.2, 0.25) is 0 Å². The van der Waals surface area contributed by atoms with Gasteiger partial charge in [0, 0.05) is 37.3 Å². The quantitative estimate of drug-likeness (QED) is 0.523. The Morgan fingerprint density at radius 2 is 2.16 bits per heavy atom. The lowest BCUT2D eigenvalue weighted by Gasteiger charge is -2.33. The Morgan fingerprint density at radius 3 is 2.74 bits per heavy atom. The number of rotatable bonds is 4. The minimum absolute atomic E-state index is 0.0906. The molecule has 0 amide bonds. The molecule has 5 nitrogen and oxygen atoms in total. The number of nitro benzene ring substituents is 1. The molecule has 19 heavy (non-hydrogen) atoms. The number of benzene rings is 1. The van der Waals surface area contributed by atoms with Gasteiger partial charge < -0.3 is 5.32 Å². The highest BCUT2D eigenvalue weighted by molar-refractivity contribution is 6.30. The monoisotopic (exact) mass is 281 g/mol. The fraction of sp³-hybridized carbons (Fsp3) is 0.385. The lowest BCUT2D eigenvalue weighted by Crippen LogP contribution is -2.44. The Hall–Kier alpha value is -1.43. The van der Waals surface area contributed by atoms with Crippen LogP contribution in [0, 0.1) is 10.1 Å². The molecular weight excluding hydrogens is 266 g/mol. The predicted molar refractivity (Wildman–Crippen MR) is 75.5 cm³/mol. The molecule has 0 unspecified atom stereocenters. The van der Waals surface area contributed by atoms with Gasteiger partial charge in [-0.05, 0) is 12.1 Å². The summed E-state index contributed by atoms with van der Waals surface area (Å²) in [5.74, 6) is 0. The molecule has 0 aromatic heterocycles. The molecule has 1 atom stereocenters. The van der Waals surface area contributed by atoms with Crippen LogP contribution in [0.2, 0.25) is 5.02 Å². The maximum atomic E-state index is 11.1. The number of nitrogens with zero attached hydrogens (tertiary/aromatic N) is 2. The van der Waals surface area contributed by atoms with Crippen LogP contribution in [0.3, 0.4) is 0 Å². The maximum Gasteiger partial charge on any atom is 0.274 e. The Labute approximate surface area is 117 Å². The van der Waals surface area contributed by atoms with E-state index in [4.69, 9.17) is 11.6 Å². The summed E-state index contributed by atoms with van der Waals surface area (Å²) in [7, 11) is 0. The third kappa shape index (κ3) is 3.12.